The summed E-state index contributed by atoms with van der Waals surface area (Å²) in [6.45, 7) is 4.61. The number of hydrogen-bond donors (Lipinski definition) is 0. The third kappa shape index (κ3) is 7.97. The zero-order chi connectivity index (χ0) is 18.7. The van der Waals surface area contributed by atoms with Crippen molar-refractivity contribution >= 4 is 12.2 Å². The molecule has 4 heteroatoms. The van der Waals surface area contributed by atoms with Crippen molar-refractivity contribution in [1.29, 1.82) is 0 Å². The van der Waals surface area contributed by atoms with Gasteiger partial charge in [-0.1, -0.05) is 47.5 Å². The van der Waals surface area contributed by atoms with E-state index in [-0.39, 0.29) is 5.91 Å². The first-order valence-corrected chi connectivity index (χ1v) is 7.99. The Hall–Kier alpha value is -2.88. The summed E-state index contributed by atoms with van der Waals surface area (Å²) in [6, 6.07) is 15.9. The van der Waals surface area contributed by atoms with Crippen LogP contribution in [0.5, 0.6) is 5.75 Å². The van der Waals surface area contributed by atoms with Crippen molar-refractivity contribution in [2.75, 3.05) is 14.2 Å². The molecule has 0 bridgehead atoms. The molecule has 0 heterocycles. The van der Waals surface area contributed by atoms with Crippen LogP contribution < -0.4 is 4.74 Å². The van der Waals surface area contributed by atoms with Crippen LogP contribution in [-0.2, 0) is 16.1 Å². The third-order valence-electron chi connectivity index (χ3n) is 3.45. The lowest BCUT2D eigenvalue weighted by Crippen LogP contribution is -2.24. The molecule has 0 saturated carbocycles. The maximum absolute atomic E-state index is 11.5. The van der Waals surface area contributed by atoms with Gasteiger partial charge in [-0.05, 0) is 37.6 Å². The lowest BCUT2D eigenvalue weighted by atomic mass is 10.1. The van der Waals surface area contributed by atoms with Gasteiger partial charge in [0.1, 0.15) is 12.0 Å². The van der Waals surface area contributed by atoms with E-state index in [4.69, 9.17) is 4.74 Å². The number of nitrogens with zero attached hydrogens (tertiary/aromatic N) is 1. The summed E-state index contributed by atoms with van der Waals surface area (Å²) in [5.41, 5.74) is 3.51. The molecule has 0 unspecified atom stereocenters. The fourth-order valence-electron chi connectivity index (χ4n) is 2.09. The van der Waals surface area contributed by atoms with Gasteiger partial charge < -0.3 is 9.64 Å². The summed E-state index contributed by atoms with van der Waals surface area (Å²) in [7, 11) is 3.38. The fourth-order valence-corrected chi connectivity index (χ4v) is 2.09. The normalized spacial score (nSPS) is 9.92. The van der Waals surface area contributed by atoms with Gasteiger partial charge in [0.15, 0.2) is 0 Å². The van der Waals surface area contributed by atoms with E-state index in [1.165, 1.54) is 23.3 Å². The third-order valence-corrected chi connectivity index (χ3v) is 3.45. The topological polar surface area (TPSA) is 46.6 Å². The number of rotatable bonds is 5. The molecule has 0 radical (unpaired) electrons. The smallest absolute Gasteiger partial charge is 0.246 e. The zero-order valence-corrected chi connectivity index (χ0v) is 15.2. The summed E-state index contributed by atoms with van der Waals surface area (Å²) in [6.07, 6.45) is 3.07. The van der Waals surface area contributed by atoms with Crippen LogP contribution in [0.2, 0.25) is 0 Å². The number of allylic oxidation sites excluding steroid dienone is 1. The molecule has 0 spiro atoms. The molecular weight excluding hydrogens is 314 g/mol. The van der Waals surface area contributed by atoms with Crippen LogP contribution in [0.4, 0.5) is 0 Å². The lowest BCUT2D eigenvalue weighted by molar-refractivity contribution is -0.125. The Labute approximate surface area is 149 Å². The van der Waals surface area contributed by atoms with Crippen molar-refractivity contribution in [2.24, 2.45) is 0 Å². The van der Waals surface area contributed by atoms with Crippen LogP contribution >= 0.6 is 0 Å². The van der Waals surface area contributed by atoms with Crippen molar-refractivity contribution in [2.45, 2.75) is 20.4 Å². The number of methoxy groups -OCH3 is 1. The number of aryl methyl sites for hydroxylation is 2. The van der Waals surface area contributed by atoms with Gasteiger partial charge in [0.25, 0.3) is 0 Å². The Morgan fingerprint density at radius 1 is 1.08 bits per heavy atom. The zero-order valence-electron chi connectivity index (χ0n) is 15.2. The van der Waals surface area contributed by atoms with Crippen molar-refractivity contribution < 1.29 is 14.3 Å². The van der Waals surface area contributed by atoms with Gasteiger partial charge >= 0.3 is 0 Å². The first-order chi connectivity index (χ1) is 12.0. The molecule has 2 rings (SSSR count). The minimum Gasteiger partial charge on any atom is -0.497 e. The lowest BCUT2D eigenvalue weighted by Gasteiger charge is -2.15. The molecule has 0 fully saturated rings. The van der Waals surface area contributed by atoms with Gasteiger partial charge in [-0.3, -0.25) is 9.59 Å². The Kier molecular flexibility index (Phi) is 8.72. The SMILES string of the molecule is COc1ccc(C)cc1.Cc1cccc(CN(C)C(=O)/C=C\C=O)c1. The monoisotopic (exact) mass is 339 g/mol. The Balaban J connectivity index is 0.000000293. The molecule has 0 aliphatic heterocycles. The Morgan fingerprint density at radius 2 is 1.76 bits per heavy atom. The van der Waals surface area contributed by atoms with Crippen LogP contribution in [-0.4, -0.2) is 31.3 Å². The first kappa shape index (κ1) is 20.2. The Morgan fingerprint density at radius 3 is 2.32 bits per heavy atom. The van der Waals surface area contributed by atoms with E-state index >= 15 is 0 Å². The second-order valence-corrected chi connectivity index (χ2v) is 5.70. The molecule has 4 nitrogen and oxygen atoms in total. The number of carbonyl (C=O) groups excluding carboxylic acids is 2. The van der Waals surface area contributed by atoms with E-state index in [1.54, 1.807) is 19.1 Å². The molecule has 2 aromatic carbocycles. The van der Waals surface area contributed by atoms with Crippen molar-refractivity contribution in [3.8, 4) is 5.75 Å². The summed E-state index contributed by atoms with van der Waals surface area (Å²) in [5, 5.41) is 0. The average Bonchev–Trinajstić information content (AvgIpc) is 2.61. The molecule has 0 N–H and O–H groups in total. The largest absolute Gasteiger partial charge is 0.497 e. The molecule has 25 heavy (non-hydrogen) atoms. The quantitative estimate of drug-likeness (QED) is 0.616. The summed E-state index contributed by atoms with van der Waals surface area (Å²) in [5.74, 6) is 0.745. The molecule has 0 aromatic heterocycles. The Bertz CT molecular complexity index is 705. The second kappa shape index (κ2) is 10.8. The molecule has 1 amide bonds. The van der Waals surface area contributed by atoms with Crippen molar-refractivity contribution in [3.05, 3.63) is 77.4 Å². The van der Waals surface area contributed by atoms with E-state index < -0.39 is 0 Å². The van der Waals surface area contributed by atoms with E-state index in [2.05, 4.69) is 6.92 Å². The summed E-state index contributed by atoms with van der Waals surface area (Å²) in [4.78, 5) is 23.1. The summed E-state index contributed by atoms with van der Waals surface area (Å²) < 4.78 is 4.97. The van der Waals surface area contributed by atoms with Gasteiger partial charge in [0.2, 0.25) is 5.91 Å². The highest BCUT2D eigenvalue weighted by molar-refractivity contribution is 5.90. The number of carbonyl (C=O) groups is 2. The standard InChI is InChI=1S/C13H15NO2.C8H10O/c1-11-5-3-6-12(9-11)10-14(2)13(16)7-4-8-15;1-7-3-5-8(9-2)6-4-7/h3-9H,10H2,1-2H3;3-6H,1-2H3/b7-4-;. The number of benzene rings is 2. The molecule has 132 valence electrons. The van der Waals surface area contributed by atoms with Crippen LogP contribution in [0.25, 0.3) is 0 Å². The van der Waals surface area contributed by atoms with E-state index in [9.17, 15) is 9.59 Å². The van der Waals surface area contributed by atoms with E-state index in [1.807, 2.05) is 55.5 Å². The van der Waals surface area contributed by atoms with Crippen LogP contribution in [0, 0.1) is 13.8 Å². The molecule has 0 aliphatic rings. The van der Waals surface area contributed by atoms with Crippen LogP contribution in [0.1, 0.15) is 16.7 Å². The van der Waals surface area contributed by atoms with Crippen molar-refractivity contribution in [1.82, 2.24) is 4.90 Å². The van der Waals surface area contributed by atoms with Gasteiger partial charge in [-0.25, -0.2) is 0 Å². The molecule has 0 saturated heterocycles. The van der Waals surface area contributed by atoms with Crippen LogP contribution in [0.15, 0.2) is 60.7 Å². The highest BCUT2D eigenvalue weighted by Crippen LogP contribution is 2.09. The number of ether oxygens (including phenoxy) is 1. The van der Waals surface area contributed by atoms with Gasteiger partial charge in [0, 0.05) is 19.7 Å². The van der Waals surface area contributed by atoms with Gasteiger partial charge in [-0.2, -0.15) is 0 Å². The van der Waals surface area contributed by atoms with E-state index in [0.717, 1.165) is 11.3 Å². The van der Waals surface area contributed by atoms with Crippen LogP contribution in [0.3, 0.4) is 0 Å². The minimum absolute atomic E-state index is 0.173. The molecule has 0 atom stereocenters. The predicted octanol–water partition coefficient (Wildman–Crippen LogP) is 3.71. The predicted molar refractivity (Wildman–Crippen MR) is 101 cm³/mol. The maximum atomic E-state index is 11.5. The highest BCUT2D eigenvalue weighted by Gasteiger charge is 2.05. The fraction of sp³-hybridized carbons (Fsp3) is 0.238. The van der Waals surface area contributed by atoms with E-state index in [0.29, 0.717) is 12.8 Å². The number of hydrogen-bond acceptors (Lipinski definition) is 3. The van der Waals surface area contributed by atoms with Crippen molar-refractivity contribution in [3.63, 3.8) is 0 Å². The first-order valence-electron chi connectivity index (χ1n) is 7.99. The minimum atomic E-state index is -0.173. The maximum Gasteiger partial charge on any atom is 0.246 e. The number of likely N-dealkylation sites (N-methyl/N-ethyl adjacent to an activating group) is 1. The molecule has 2 aromatic rings. The number of amides is 1. The average molecular weight is 339 g/mol. The van der Waals surface area contributed by atoms with Gasteiger partial charge in [-0.15, -0.1) is 0 Å². The van der Waals surface area contributed by atoms with Gasteiger partial charge in [0.05, 0.1) is 7.11 Å². The highest BCUT2D eigenvalue weighted by atomic mass is 16.5. The molecule has 0 aliphatic carbocycles. The second-order valence-electron chi connectivity index (χ2n) is 5.70. The number of aldehydes is 1. The molecular formula is C21H25NO3. The summed E-state index contributed by atoms with van der Waals surface area (Å²) >= 11 is 0.